The molecule has 0 heterocycles. The van der Waals surface area contributed by atoms with Crippen molar-refractivity contribution in [3.05, 3.63) is 23.8 Å². The number of ether oxygens (including phenoxy) is 1. The van der Waals surface area contributed by atoms with E-state index in [4.69, 9.17) is 4.74 Å². The van der Waals surface area contributed by atoms with E-state index in [9.17, 15) is 9.90 Å². The summed E-state index contributed by atoms with van der Waals surface area (Å²) in [7, 11) is 1.46. The first kappa shape index (κ1) is 14.4. The molecule has 0 saturated carbocycles. The van der Waals surface area contributed by atoms with Crippen molar-refractivity contribution in [3.8, 4) is 11.5 Å². The number of carbonyl (C=O) groups excluding carboxylic acids is 1. The molecule has 2 N–H and O–H groups in total. The van der Waals surface area contributed by atoms with Crippen molar-refractivity contribution in [1.29, 1.82) is 0 Å². The van der Waals surface area contributed by atoms with Gasteiger partial charge in [0.15, 0.2) is 11.5 Å². The normalized spacial score (nSPS) is 11.1. The molecule has 0 spiro atoms. The Hall–Kier alpha value is -1.71. The van der Waals surface area contributed by atoms with E-state index in [0.29, 0.717) is 5.75 Å². The van der Waals surface area contributed by atoms with E-state index in [1.54, 1.807) is 18.2 Å². The molecule has 0 saturated heterocycles. The number of methoxy groups -OCH3 is 1. The number of phenolic OH excluding ortho intramolecular Hbond substituents is 1. The van der Waals surface area contributed by atoms with Gasteiger partial charge in [-0.2, -0.15) is 0 Å². The van der Waals surface area contributed by atoms with Crippen LogP contribution in [0.15, 0.2) is 18.2 Å². The van der Waals surface area contributed by atoms with Crippen LogP contribution in [0.4, 0.5) is 0 Å². The molecule has 1 amide bonds. The zero-order valence-electron chi connectivity index (χ0n) is 11.4. The number of aromatic hydroxyl groups is 1. The molecule has 1 rings (SSSR count). The fourth-order valence-corrected chi connectivity index (χ4v) is 1.93. The Morgan fingerprint density at radius 2 is 2.11 bits per heavy atom. The van der Waals surface area contributed by atoms with Crippen molar-refractivity contribution in [2.45, 2.75) is 39.2 Å². The second kappa shape index (κ2) is 5.76. The number of carbonyl (C=O) groups is 1. The molecule has 0 aliphatic heterocycles. The highest BCUT2D eigenvalue weighted by Gasteiger charge is 2.22. The minimum absolute atomic E-state index is 0.121. The maximum absolute atomic E-state index is 12.1. The van der Waals surface area contributed by atoms with Crippen molar-refractivity contribution in [2.24, 2.45) is 0 Å². The number of benzene rings is 1. The Labute approximate surface area is 108 Å². The molecule has 4 nitrogen and oxygen atoms in total. The summed E-state index contributed by atoms with van der Waals surface area (Å²) in [5.41, 5.74) is -0.0556. The second-order valence-corrected chi connectivity index (χ2v) is 4.94. The van der Waals surface area contributed by atoms with E-state index in [1.165, 1.54) is 7.11 Å². The summed E-state index contributed by atoms with van der Waals surface area (Å²) in [6, 6.07) is 4.87. The summed E-state index contributed by atoms with van der Waals surface area (Å²) < 4.78 is 4.98. The van der Waals surface area contributed by atoms with Gasteiger partial charge in [0.1, 0.15) is 0 Å². The molecule has 100 valence electrons. The molecule has 0 unspecified atom stereocenters. The molecule has 18 heavy (non-hydrogen) atoms. The third kappa shape index (κ3) is 3.39. The number of nitrogens with one attached hydrogen (secondary N) is 1. The fourth-order valence-electron chi connectivity index (χ4n) is 1.93. The smallest absolute Gasteiger partial charge is 0.255 e. The highest BCUT2D eigenvalue weighted by Crippen LogP contribution is 2.29. The minimum atomic E-state index is -0.290. The van der Waals surface area contributed by atoms with Crippen molar-refractivity contribution in [3.63, 3.8) is 0 Å². The van der Waals surface area contributed by atoms with Crippen LogP contribution in [0, 0.1) is 0 Å². The minimum Gasteiger partial charge on any atom is -0.504 e. The SMILES string of the molecule is CCCC(C)(C)NC(=O)c1cccc(OC)c1O. The van der Waals surface area contributed by atoms with Crippen LogP contribution in [0.25, 0.3) is 0 Å². The third-order valence-corrected chi connectivity index (χ3v) is 2.79. The number of hydrogen-bond donors (Lipinski definition) is 2. The Bertz CT molecular complexity index is 427. The van der Waals surface area contributed by atoms with Crippen LogP contribution in [0.5, 0.6) is 11.5 Å². The van der Waals surface area contributed by atoms with Gasteiger partial charge in [-0.05, 0) is 32.4 Å². The maximum atomic E-state index is 12.1. The summed E-state index contributed by atoms with van der Waals surface area (Å²) in [5, 5.41) is 12.8. The van der Waals surface area contributed by atoms with Gasteiger partial charge in [-0.25, -0.2) is 0 Å². The van der Waals surface area contributed by atoms with Gasteiger partial charge in [0.25, 0.3) is 5.91 Å². The average Bonchev–Trinajstić information content (AvgIpc) is 2.28. The van der Waals surface area contributed by atoms with Gasteiger partial charge in [-0.3, -0.25) is 4.79 Å². The summed E-state index contributed by atoms with van der Waals surface area (Å²) >= 11 is 0. The van der Waals surface area contributed by atoms with E-state index < -0.39 is 0 Å². The first-order valence-corrected chi connectivity index (χ1v) is 6.09. The Morgan fingerprint density at radius 1 is 1.44 bits per heavy atom. The standard InChI is InChI=1S/C14H21NO3/c1-5-9-14(2,3)15-13(17)10-7-6-8-11(18-4)12(10)16/h6-8,16H,5,9H2,1-4H3,(H,15,17). The van der Waals surface area contributed by atoms with Crippen LogP contribution < -0.4 is 10.1 Å². The number of amides is 1. The molecule has 0 radical (unpaired) electrons. The van der Waals surface area contributed by atoms with E-state index in [0.717, 1.165) is 12.8 Å². The largest absolute Gasteiger partial charge is 0.504 e. The lowest BCUT2D eigenvalue weighted by molar-refractivity contribution is 0.0905. The monoisotopic (exact) mass is 251 g/mol. The van der Waals surface area contributed by atoms with E-state index in [2.05, 4.69) is 12.2 Å². The molecule has 1 aromatic carbocycles. The molecule has 0 aliphatic carbocycles. The van der Waals surface area contributed by atoms with Crippen LogP contribution in [-0.4, -0.2) is 23.7 Å². The van der Waals surface area contributed by atoms with E-state index >= 15 is 0 Å². The van der Waals surface area contributed by atoms with Crippen LogP contribution in [0.1, 0.15) is 44.0 Å². The molecule has 0 aromatic heterocycles. The Balaban J connectivity index is 2.91. The van der Waals surface area contributed by atoms with Crippen molar-refractivity contribution < 1.29 is 14.6 Å². The van der Waals surface area contributed by atoms with Crippen LogP contribution >= 0.6 is 0 Å². The van der Waals surface area contributed by atoms with Crippen molar-refractivity contribution in [1.82, 2.24) is 5.32 Å². The highest BCUT2D eigenvalue weighted by molar-refractivity contribution is 5.98. The molecule has 0 aliphatic rings. The number of phenols is 1. The first-order valence-electron chi connectivity index (χ1n) is 6.09. The Kier molecular flexibility index (Phi) is 4.59. The lowest BCUT2D eigenvalue weighted by atomic mass is 9.98. The fraction of sp³-hybridized carbons (Fsp3) is 0.500. The van der Waals surface area contributed by atoms with Gasteiger partial charge >= 0.3 is 0 Å². The topological polar surface area (TPSA) is 58.6 Å². The predicted molar refractivity (Wildman–Crippen MR) is 71.1 cm³/mol. The predicted octanol–water partition coefficient (Wildman–Crippen LogP) is 2.71. The molecule has 0 atom stereocenters. The molecule has 0 bridgehead atoms. The average molecular weight is 251 g/mol. The van der Waals surface area contributed by atoms with Crippen molar-refractivity contribution in [2.75, 3.05) is 7.11 Å². The van der Waals surface area contributed by atoms with E-state index in [1.807, 2.05) is 13.8 Å². The van der Waals surface area contributed by atoms with Gasteiger partial charge in [-0.15, -0.1) is 0 Å². The first-order chi connectivity index (χ1) is 8.41. The van der Waals surface area contributed by atoms with E-state index in [-0.39, 0.29) is 22.8 Å². The van der Waals surface area contributed by atoms with Gasteiger partial charge in [0.2, 0.25) is 0 Å². The molecular formula is C14H21NO3. The number of para-hydroxylation sites is 1. The van der Waals surface area contributed by atoms with Crippen LogP contribution in [0.3, 0.4) is 0 Å². The number of rotatable bonds is 5. The molecular weight excluding hydrogens is 230 g/mol. The zero-order valence-corrected chi connectivity index (χ0v) is 11.4. The summed E-state index contributed by atoms with van der Waals surface area (Å²) in [4.78, 5) is 12.1. The summed E-state index contributed by atoms with van der Waals surface area (Å²) in [6.45, 7) is 5.99. The third-order valence-electron chi connectivity index (χ3n) is 2.79. The molecule has 1 aromatic rings. The quantitative estimate of drug-likeness (QED) is 0.846. The molecule has 4 heteroatoms. The lowest BCUT2D eigenvalue weighted by Gasteiger charge is -2.26. The van der Waals surface area contributed by atoms with Crippen molar-refractivity contribution >= 4 is 5.91 Å². The highest BCUT2D eigenvalue weighted by atomic mass is 16.5. The lowest BCUT2D eigenvalue weighted by Crippen LogP contribution is -2.43. The summed E-state index contributed by atoms with van der Waals surface area (Å²) in [5.74, 6) is -0.106. The van der Waals surface area contributed by atoms with Crippen LogP contribution in [-0.2, 0) is 0 Å². The van der Waals surface area contributed by atoms with Gasteiger partial charge in [0, 0.05) is 5.54 Å². The van der Waals surface area contributed by atoms with Crippen LogP contribution in [0.2, 0.25) is 0 Å². The zero-order chi connectivity index (χ0) is 13.8. The maximum Gasteiger partial charge on any atom is 0.255 e. The van der Waals surface area contributed by atoms with Gasteiger partial charge in [0.05, 0.1) is 12.7 Å². The number of hydrogen-bond acceptors (Lipinski definition) is 3. The molecule has 0 fully saturated rings. The van der Waals surface area contributed by atoms with Gasteiger partial charge < -0.3 is 15.2 Å². The summed E-state index contributed by atoms with van der Waals surface area (Å²) in [6.07, 6.45) is 1.86. The second-order valence-electron chi connectivity index (χ2n) is 4.94. The van der Waals surface area contributed by atoms with Gasteiger partial charge in [-0.1, -0.05) is 19.4 Å². The Morgan fingerprint density at radius 3 is 2.67 bits per heavy atom.